The Morgan fingerprint density at radius 2 is 1.89 bits per heavy atom. The fourth-order valence-electron chi connectivity index (χ4n) is 1.61. The minimum absolute atomic E-state index is 0.105. The molecule has 0 aromatic heterocycles. The highest BCUT2D eigenvalue weighted by atomic mass is 79.9. The summed E-state index contributed by atoms with van der Waals surface area (Å²) in [6.45, 7) is 0. The molecule has 1 saturated carbocycles. The first-order chi connectivity index (χ1) is 8.36. The molecule has 0 radical (unpaired) electrons. The smallest absolute Gasteiger partial charge is 0.251 e. The van der Waals surface area contributed by atoms with E-state index in [1.165, 1.54) is 24.3 Å². The van der Waals surface area contributed by atoms with Crippen LogP contribution in [0, 0.1) is 0 Å². The molecule has 2 rings (SSSR count). The standard InChI is InChI=1S/C12H14BrNO3S/c1-18(16,17)10-4-2-9(3-5-10)11(15)14-12(8-13)6-7-12/h2-5H,6-8H2,1H3,(H,14,15). The SMILES string of the molecule is CS(=O)(=O)c1ccc(C(=O)NC2(CBr)CC2)cc1. The molecule has 98 valence electrons. The quantitative estimate of drug-likeness (QED) is 0.855. The van der Waals surface area contributed by atoms with Gasteiger partial charge in [0, 0.05) is 17.1 Å². The Labute approximate surface area is 115 Å². The third-order valence-corrected chi connectivity index (χ3v) is 5.23. The van der Waals surface area contributed by atoms with Crippen molar-refractivity contribution in [2.24, 2.45) is 0 Å². The molecule has 0 bridgehead atoms. The number of benzene rings is 1. The number of carbonyl (C=O) groups excluding carboxylic acids is 1. The van der Waals surface area contributed by atoms with Crippen LogP contribution in [0.1, 0.15) is 23.2 Å². The van der Waals surface area contributed by atoms with Gasteiger partial charge in [0.1, 0.15) is 0 Å². The molecule has 1 N–H and O–H groups in total. The molecule has 0 heterocycles. The van der Waals surface area contributed by atoms with E-state index in [0.29, 0.717) is 5.56 Å². The number of rotatable bonds is 4. The Balaban J connectivity index is 2.13. The van der Waals surface area contributed by atoms with Crippen molar-refractivity contribution in [3.63, 3.8) is 0 Å². The number of nitrogens with one attached hydrogen (secondary N) is 1. The number of alkyl halides is 1. The molecule has 4 nitrogen and oxygen atoms in total. The van der Waals surface area contributed by atoms with Crippen LogP contribution in [0.4, 0.5) is 0 Å². The molecule has 0 spiro atoms. The molecular formula is C12H14BrNO3S. The van der Waals surface area contributed by atoms with Gasteiger partial charge in [-0.25, -0.2) is 8.42 Å². The van der Waals surface area contributed by atoms with E-state index in [1.54, 1.807) is 0 Å². The summed E-state index contributed by atoms with van der Waals surface area (Å²) in [6, 6.07) is 5.99. The zero-order valence-corrected chi connectivity index (χ0v) is 12.3. The minimum atomic E-state index is -3.21. The van der Waals surface area contributed by atoms with E-state index < -0.39 is 9.84 Å². The fraction of sp³-hybridized carbons (Fsp3) is 0.417. The highest BCUT2D eigenvalue weighted by Crippen LogP contribution is 2.37. The van der Waals surface area contributed by atoms with E-state index in [9.17, 15) is 13.2 Å². The lowest BCUT2D eigenvalue weighted by atomic mass is 10.2. The zero-order chi connectivity index (χ0) is 13.4. The second kappa shape index (κ2) is 4.66. The number of carbonyl (C=O) groups is 1. The average molecular weight is 332 g/mol. The molecule has 1 aromatic carbocycles. The Morgan fingerprint density at radius 3 is 2.28 bits per heavy atom. The van der Waals surface area contributed by atoms with Crippen molar-refractivity contribution in [1.82, 2.24) is 5.32 Å². The fourth-order valence-corrected chi connectivity index (χ4v) is 2.94. The Hall–Kier alpha value is -0.880. The largest absolute Gasteiger partial charge is 0.346 e. The summed E-state index contributed by atoms with van der Waals surface area (Å²) in [7, 11) is -3.21. The summed E-state index contributed by atoms with van der Waals surface area (Å²) in [6.07, 6.45) is 3.10. The second-order valence-corrected chi connectivity index (χ2v) is 7.24. The third kappa shape index (κ3) is 2.92. The van der Waals surface area contributed by atoms with Crippen molar-refractivity contribution in [3.05, 3.63) is 29.8 Å². The van der Waals surface area contributed by atoms with E-state index >= 15 is 0 Å². The predicted octanol–water partition coefficient (Wildman–Crippen LogP) is 1.75. The van der Waals surface area contributed by atoms with Gasteiger partial charge >= 0.3 is 0 Å². The second-order valence-electron chi connectivity index (χ2n) is 4.66. The highest BCUT2D eigenvalue weighted by Gasteiger charge is 2.42. The minimum Gasteiger partial charge on any atom is -0.346 e. The Bertz CT molecular complexity index is 561. The topological polar surface area (TPSA) is 63.2 Å². The van der Waals surface area contributed by atoms with Crippen molar-refractivity contribution < 1.29 is 13.2 Å². The molecular weight excluding hydrogens is 318 g/mol. The molecule has 0 saturated heterocycles. The van der Waals surface area contributed by atoms with E-state index in [-0.39, 0.29) is 16.3 Å². The summed E-state index contributed by atoms with van der Waals surface area (Å²) >= 11 is 3.38. The van der Waals surface area contributed by atoms with Gasteiger partial charge in [0.05, 0.1) is 10.4 Å². The number of hydrogen-bond donors (Lipinski definition) is 1. The predicted molar refractivity (Wildman–Crippen MR) is 72.8 cm³/mol. The number of hydrogen-bond acceptors (Lipinski definition) is 3. The lowest BCUT2D eigenvalue weighted by molar-refractivity contribution is 0.0936. The van der Waals surface area contributed by atoms with Gasteiger partial charge in [0.25, 0.3) is 5.91 Å². The van der Waals surface area contributed by atoms with Gasteiger partial charge in [-0.05, 0) is 37.1 Å². The maximum absolute atomic E-state index is 11.9. The molecule has 1 aliphatic carbocycles. The van der Waals surface area contributed by atoms with Crippen LogP contribution < -0.4 is 5.32 Å². The molecule has 0 aliphatic heterocycles. The van der Waals surface area contributed by atoms with Gasteiger partial charge in [0.2, 0.25) is 0 Å². The van der Waals surface area contributed by atoms with Crippen LogP contribution in [-0.2, 0) is 9.84 Å². The van der Waals surface area contributed by atoms with Crippen LogP contribution in [0.5, 0.6) is 0 Å². The molecule has 1 fully saturated rings. The van der Waals surface area contributed by atoms with Crippen molar-refractivity contribution >= 4 is 31.7 Å². The van der Waals surface area contributed by atoms with Crippen molar-refractivity contribution in [1.29, 1.82) is 0 Å². The van der Waals surface area contributed by atoms with Gasteiger partial charge < -0.3 is 5.32 Å². The first kappa shape index (κ1) is 13.5. The van der Waals surface area contributed by atoms with Crippen LogP contribution >= 0.6 is 15.9 Å². The van der Waals surface area contributed by atoms with Crippen molar-refractivity contribution in [2.75, 3.05) is 11.6 Å². The Kier molecular flexibility index (Phi) is 3.51. The van der Waals surface area contributed by atoms with E-state index in [4.69, 9.17) is 0 Å². The van der Waals surface area contributed by atoms with Crippen molar-refractivity contribution in [3.8, 4) is 0 Å². The normalized spacial score (nSPS) is 17.2. The van der Waals surface area contributed by atoms with Crippen LogP contribution in [-0.4, -0.2) is 31.4 Å². The Morgan fingerprint density at radius 1 is 1.33 bits per heavy atom. The number of sulfone groups is 1. The first-order valence-electron chi connectivity index (χ1n) is 5.55. The summed E-state index contributed by atoms with van der Waals surface area (Å²) in [5.74, 6) is -0.160. The molecule has 1 aromatic rings. The molecule has 0 atom stereocenters. The average Bonchev–Trinajstić information content (AvgIpc) is 3.08. The van der Waals surface area contributed by atoms with Gasteiger partial charge in [0.15, 0.2) is 9.84 Å². The molecule has 6 heteroatoms. The lowest BCUT2D eigenvalue weighted by Gasteiger charge is -2.14. The summed E-state index contributed by atoms with van der Waals surface area (Å²) < 4.78 is 22.6. The maximum atomic E-state index is 11.9. The molecule has 1 aliphatic rings. The van der Waals surface area contributed by atoms with Crippen LogP contribution in [0.3, 0.4) is 0 Å². The van der Waals surface area contributed by atoms with E-state index in [2.05, 4.69) is 21.2 Å². The zero-order valence-electron chi connectivity index (χ0n) is 9.94. The molecule has 18 heavy (non-hydrogen) atoms. The van der Waals surface area contributed by atoms with Gasteiger partial charge in [-0.1, -0.05) is 15.9 Å². The lowest BCUT2D eigenvalue weighted by Crippen LogP contribution is -2.38. The van der Waals surface area contributed by atoms with Gasteiger partial charge in [-0.3, -0.25) is 4.79 Å². The van der Waals surface area contributed by atoms with Crippen LogP contribution in [0.15, 0.2) is 29.2 Å². The van der Waals surface area contributed by atoms with E-state index in [0.717, 1.165) is 24.4 Å². The third-order valence-electron chi connectivity index (χ3n) is 3.03. The summed E-state index contributed by atoms with van der Waals surface area (Å²) in [5.41, 5.74) is 0.377. The monoisotopic (exact) mass is 331 g/mol. The molecule has 1 amide bonds. The van der Waals surface area contributed by atoms with Gasteiger partial charge in [-0.15, -0.1) is 0 Å². The first-order valence-corrected chi connectivity index (χ1v) is 8.56. The molecule has 0 unspecified atom stereocenters. The van der Waals surface area contributed by atoms with Crippen LogP contribution in [0.2, 0.25) is 0 Å². The summed E-state index contributed by atoms with van der Waals surface area (Å²) in [4.78, 5) is 12.2. The van der Waals surface area contributed by atoms with Crippen LogP contribution in [0.25, 0.3) is 0 Å². The number of halogens is 1. The van der Waals surface area contributed by atoms with Gasteiger partial charge in [-0.2, -0.15) is 0 Å². The summed E-state index contributed by atoms with van der Waals surface area (Å²) in [5, 5.41) is 3.70. The highest BCUT2D eigenvalue weighted by molar-refractivity contribution is 9.09. The maximum Gasteiger partial charge on any atom is 0.251 e. The van der Waals surface area contributed by atoms with Crippen molar-refractivity contribution in [2.45, 2.75) is 23.3 Å². The number of amides is 1. The van der Waals surface area contributed by atoms with E-state index in [1.807, 2.05) is 0 Å².